The van der Waals surface area contributed by atoms with Crippen LogP contribution in [0.2, 0.25) is 0 Å². The first-order chi connectivity index (χ1) is 12.1. The monoisotopic (exact) mass is 476 g/mol. The minimum atomic E-state index is -0.234. The van der Waals surface area contributed by atoms with Crippen LogP contribution in [0, 0.1) is 12.7 Å². The number of hydrogen-bond donors (Lipinski definition) is 0. The second-order valence-electron chi connectivity index (χ2n) is 6.04. The molecule has 0 unspecified atom stereocenters. The Kier molecular flexibility index (Phi) is 5.53. The van der Waals surface area contributed by atoms with Crippen LogP contribution in [0.15, 0.2) is 69.8 Å². The average molecular weight is 478 g/mol. The third-order valence-corrected chi connectivity index (χ3v) is 4.37. The first kappa shape index (κ1) is 18.7. The van der Waals surface area contributed by atoms with Crippen molar-refractivity contribution in [3.63, 3.8) is 0 Å². The molecule has 0 saturated carbocycles. The van der Waals surface area contributed by atoms with Gasteiger partial charge in [0, 0.05) is 5.56 Å². The average Bonchev–Trinajstić information content (AvgIpc) is 2.97. The SMILES string of the molecule is Cc1ccc2oc(-c3cc(Br)c[n+](Cc4cccc(F)c4)c3)nc2c1.[Br-]. The predicted octanol–water partition coefficient (Wildman–Crippen LogP) is 2.04. The van der Waals surface area contributed by atoms with Crippen LogP contribution in [0.5, 0.6) is 0 Å². The van der Waals surface area contributed by atoms with Gasteiger partial charge in [-0.15, -0.1) is 0 Å². The van der Waals surface area contributed by atoms with Crippen molar-refractivity contribution in [3.8, 4) is 11.5 Å². The standard InChI is InChI=1S/C20H15BrFN2O.BrH/c1-13-5-6-19-18(7-13)23-20(25-19)15-9-16(21)12-24(11-15)10-14-3-2-4-17(22)8-14;/h2-9,11-12H,10H2,1H3;1H/q+1;/p-1. The third-order valence-electron chi connectivity index (χ3n) is 3.93. The minimum Gasteiger partial charge on any atom is -1.00 e. The van der Waals surface area contributed by atoms with E-state index in [1.54, 1.807) is 6.07 Å². The van der Waals surface area contributed by atoms with E-state index < -0.39 is 0 Å². The highest BCUT2D eigenvalue weighted by molar-refractivity contribution is 9.10. The summed E-state index contributed by atoms with van der Waals surface area (Å²) >= 11 is 3.53. The molecule has 2 heterocycles. The van der Waals surface area contributed by atoms with E-state index in [1.165, 1.54) is 12.1 Å². The van der Waals surface area contributed by atoms with Crippen LogP contribution >= 0.6 is 15.9 Å². The number of nitrogens with zero attached hydrogens (tertiary/aromatic N) is 2. The number of oxazole rings is 1. The summed E-state index contributed by atoms with van der Waals surface area (Å²) in [4.78, 5) is 4.59. The third kappa shape index (κ3) is 4.02. The van der Waals surface area contributed by atoms with Crippen LogP contribution in [0.3, 0.4) is 0 Å². The van der Waals surface area contributed by atoms with Gasteiger partial charge < -0.3 is 21.4 Å². The van der Waals surface area contributed by atoms with Crippen molar-refractivity contribution < 1.29 is 30.4 Å². The van der Waals surface area contributed by atoms with Gasteiger partial charge in [0.25, 0.3) is 0 Å². The van der Waals surface area contributed by atoms with Gasteiger partial charge in [-0.25, -0.2) is 9.37 Å². The van der Waals surface area contributed by atoms with Crippen LogP contribution in [0.1, 0.15) is 11.1 Å². The summed E-state index contributed by atoms with van der Waals surface area (Å²) in [7, 11) is 0. The molecule has 0 atom stereocenters. The summed E-state index contributed by atoms with van der Waals surface area (Å²) in [6.45, 7) is 2.59. The largest absolute Gasteiger partial charge is 1.00 e. The lowest BCUT2D eigenvalue weighted by Crippen LogP contribution is -3.00. The zero-order chi connectivity index (χ0) is 17.4. The van der Waals surface area contributed by atoms with Crippen molar-refractivity contribution in [1.29, 1.82) is 0 Å². The number of aryl methyl sites for hydroxylation is 1. The molecule has 6 heteroatoms. The van der Waals surface area contributed by atoms with Crippen molar-refractivity contribution in [1.82, 2.24) is 4.98 Å². The first-order valence-electron chi connectivity index (χ1n) is 7.88. The van der Waals surface area contributed by atoms with E-state index in [0.29, 0.717) is 12.4 Å². The Morgan fingerprint density at radius 1 is 1.12 bits per heavy atom. The van der Waals surface area contributed by atoms with E-state index in [9.17, 15) is 4.39 Å². The molecule has 2 aromatic carbocycles. The second-order valence-corrected chi connectivity index (χ2v) is 6.95. The van der Waals surface area contributed by atoms with Crippen LogP contribution in [0.25, 0.3) is 22.6 Å². The fourth-order valence-corrected chi connectivity index (χ4v) is 3.32. The van der Waals surface area contributed by atoms with Gasteiger partial charge in [-0.3, -0.25) is 0 Å². The van der Waals surface area contributed by atoms with Gasteiger partial charge >= 0.3 is 0 Å². The normalized spacial score (nSPS) is 10.7. The molecule has 0 saturated heterocycles. The van der Waals surface area contributed by atoms with Crippen LogP contribution < -0.4 is 21.5 Å². The smallest absolute Gasteiger partial charge is 0.233 e. The molecule has 0 radical (unpaired) electrons. The zero-order valence-corrected chi connectivity index (χ0v) is 17.1. The van der Waals surface area contributed by atoms with Gasteiger partial charge in [0.1, 0.15) is 16.9 Å². The highest BCUT2D eigenvalue weighted by Gasteiger charge is 2.14. The van der Waals surface area contributed by atoms with Crippen molar-refractivity contribution in [2.24, 2.45) is 0 Å². The van der Waals surface area contributed by atoms with E-state index in [2.05, 4.69) is 20.9 Å². The van der Waals surface area contributed by atoms with Gasteiger partial charge in [-0.05, 0) is 58.7 Å². The summed E-state index contributed by atoms with van der Waals surface area (Å²) in [5.74, 6) is 0.331. The molecule has 2 aromatic heterocycles. The fraction of sp³-hybridized carbons (Fsp3) is 0.100. The molecule has 132 valence electrons. The molecule has 4 rings (SSSR count). The fourth-order valence-electron chi connectivity index (χ4n) is 2.81. The lowest BCUT2D eigenvalue weighted by Gasteiger charge is -2.01. The zero-order valence-electron chi connectivity index (χ0n) is 13.9. The van der Waals surface area contributed by atoms with Crippen LogP contribution in [0.4, 0.5) is 4.39 Å². The Bertz CT molecular complexity index is 1080. The molecule has 0 amide bonds. The summed E-state index contributed by atoms with van der Waals surface area (Å²) < 4.78 is 22.2. The molecule has 0 spiro atoms. The molecular weight excluding hydrogens is 463 g/mol. The van der Waals surface area contributed by atoms with Crippen LogP contribution in [-0.2, 0) is 6.54 Å². The first-order valence-corrected chi connectivity index (χ1v) is 8.68. The lowest BCUT2D eigenvalue weighted by atomic mass is 10.2. The quantitative estimate of drug-likeness (QED) is 0.423. The molecule has 0 fully saturated rings. The maximum absolute atomic E-state index is 13.4. The number of halogens is 3. The number of fused-ring (bicyclic) bond motifs is 1. The number of pyridine rings is 1. The number of hydrogen-bond acceptors (Lipinski definition) is 2. The maximum Gasteiger partial charge on any atom is 0.233 e. The topological polar surface area (TPSA) is 29.9 Å². The van der Waals surface area contributed by atoms with Crippen molar-refractivity contribution in [2.75, 3.05) is 0 Å². The van der Waals surface area contributed by atoms with Gasteiger partial charge in [0.15, 0.2) is 24.5 Å². The van der Waals surface area contributed by atoms with E-state index in [4.69, 9.17) is 4.42 Å². The maximum atomic E-state index is 13.4. The Morgan fingerprint density at radius 3 is 2.77 bits per heavy atom. The summed E-state index contributed by atoms with van der Waals surface area (Å²) in [5.41, 5.74) is 4.49. The lowest BCUT2D eigenvalue weighted by molar-refractivity contribution is -0.688. The van der Waals surface area contributed by atoms with E-state index >= 15 is 0 Å². The van der Waals surface area contributed by atoms with Gasteiger partial charge in [0.05, 0.1) is 4.47 Å². The summed E-state index contributed by atoms with van der Waals surface area (Å²) in [6.07, 6.45) is 3.90. The predicted molar refractivity (Wildman–Crippen MR) is 97.6 cm³/mol. The second kappa shape index (κ2) is 7.68. The Labute approximate surface area is 169 Å². The summed E-state index contributed by atoms with van der Waals surface area (Å²) in [6, 6.07) is 14.5. The number of aromatic nitrogens is 2. The highest BCUT2D eigenvalue weighted by atomic mass is 79.9. The molecule has 0 aliphatic carbocycles. The molecule has 3 nitrogen and oxygen atoms in total. The van der Waals surface area contributed by atoms with Gasteiger partial charge in [-0.2, -0.15) is 4.57 Å². The van der Waals surface area contributed by atoms with Crippen molar-refractivity contribution >= 4 is 27.0 Å². The van der Waals surface area contributed by atoms with E-state index in [0.717, 1.165) is 32.3 Å². The van der Waals surface area contributed by atoms with Gasteiger partial charge in [0.2, 0.25) is 5.89 Å². The molecule has 0 bridgehead atoms. The number of benzene rings is 2. The van der Waals surface area contributed by atoms with E-state index in [1.807, 2.05) is 54.2 Å². The molecule has 0 aliphatic heterocycles. The number of rotatable bonds is 3. The van der Waals surface area contributed by atoms with E-state index in [-0.39, 0.29) is 22.8 Å². The molecule has 26 heavy (non-hydrogen) atoms. The summed E-state index contributed by atoms with van der Waals surface area (Å²) in [5, 5.41) is 0. The highest BCUT2D eigenvalue weighted by Crippen LogP contribution is 2.25. The van der Waals surface area contributed by atoms with Gasteiger partial charge in [-0.1, -0.05) is 18.2 Å². The molecule has 0 aliphatic rings. The Morgan fingerprint density at radius 2 is 1.96 bits per heavy atom. The molecule has 0 N–H and O–H groups in total. The Hall–Kier alpha value is -2.05. The molecule has 4 aromatic rings. The van der Waals surface area contributed by atoms with Crippen molar-refractivity contribution in [2.45, 2.75) is 13.5 Å². The Balaban J connectivity index is 0.00000196. The van der Waals surface area contributed by atoms with Crippen LogP contribution in [-0.4, -0.2) is 4.98 Å². The van der Waals surface area contributed by atoms with Crippen molar-refractivity contribution in [3.05, 3.63) is 82.3 Å². The minimum absolute atomic E-state index is 0. The molecular formula is C20H15Br2FN2O.